The van der Waals surface area contributed by atoms with Crippen molar-refractivity contribution < 1.29 is 4.74 Å². The number of aryl methyl sites for hydroxylation is 3. The standard InChI is InChI=1S/C36H39BO/c1-26-14-20-30(21-15-26)36(35(29-10-6-5-7-11-29)33-12-8-9-13-34(33)38-4)37(31-22-16-27(2)17-23-31)32-24-18-28(3)19-25-32/h8-9,12-25,29H,5-7,10-11H2,1-4H3/b36-35-. The lowest BCUT2D eigenvalue weighted by molar-refractivity contribution is 0.407. The summed E-state index contributed by atoms with van der Waals surface area (Å²) in [6.45, 7) is 6.63. The van der Waals surface area contributed by atoms with E-state index >= 15 is 0 Å². The Morgan fingerprint density at radius 1 is 0.632 bits per heavy atom. The quantitative estimate of drug-likeness (QED) is 0.186. The Morgan fingerprint density at radius 3 is 1.66 bits per heavy atom. The van der Waals surface area contributed by atoms with Crippen LogP contribution in [0.3, 0.4) is 0 Å². The van der Waals surface area contributed by atoms with E-state index in [-0.39, 0.29) is 6.71 Å². The molecule has 0 heterocycles. The van der Waals surface area contributed by atoms with Crippen molar-refractivity contribution in [2.45, 2.75) is 52.9 Å². The molecule has 0 unspecified atom stereocenters. The van der Waals surface area contributed by atoms with E-state index in [2.05, 4.69) is 118 Å². The van der Waals surface area contributed by atoms with Gasteiger partial charge in [-0.1, -0.05) is 143 Å². The number of para-hydroxylation sites is 1. The van der Waals surface area contributed by atoms with Gasteiger partial charge in [0, 0.05) is 5.56 Å². The van der Waals surface area contributed by atoms with Crippen LogP contribution in [-0.2, 0) is 0 Å². The minimum Gasteiger partial charge on any atom is -0.496 e. The van der Waals surface area contributed by atoms with Crippen molar-refractivity contribution in [1.29, 1.82) is 0 Å². The Kier molecular flexibility index (Phi) is 8.18. The van der Waals surface area contributed by atoms with Crippen LogP contribution >= 0.6 is 0 Å². The lowest BCUT2D eigenvalue weighted by atomic mass is 9.34. The molecular weight excluding hydrogens is 459 g/mol. The van der Waals surface area contributed by atoms with Crippen LogP contribution in [0.5, 0.6) is 5.75 Å². The predicted molar refractivity (Wildman–Crippen MR) is 165 cm³/mol. The zero-order chi connectivity index (χ0) is 26.5. The van der Waals surface area contributed by atoms with Gasteiger partial charge in [0.2, 0.25) is 6.71 Å². The highest BCUT2D eigenvalue weighted by Gasteiger charge is 2.33. The second kappa shape index (κ2) is 11.9. The molecule has 0 bridgehead atoms. The first-order valence-corrected chi connectivity index (χ1v) is 14.1. The molecule has 0 spiro atoms. The van der Waals surface area contributed by atoms with Crippen molar-refractivity contribution in [3.63, 3.8) is 0 Å². The topological polar surface area (TPSA) is 9.23 Å². The molecule has 0 saturated heterocycles. The van der Waals surface area contributed by atoms with Crippen LogP contribution in [0.15, 0.2) is 97.1 Å². The van der Waals surface area contributed by atoms with Crippen LogP contribution < -0.4 is 15.7 Å². The van der Waals surface area contributed by atoms with E-state index in [1.807, 2.05) is 0 Å². The minimum atomic E-state index is 0.112. The van der Waals surface area contributed by atoms with Gasteiger partial charge in [-0.25, -0.2) is 0 Å². The second-order valence-corrected chi connectivity index (χ2v) is 11.0. The van der Waals surface area contributed by atoms with Crippen molar-refractivity contribution >= 4 is 28.7 Å². The van der Waals surface area contributed by atoms with Crippen molar-refractivity contribution in [2.75, 3.05) is 7.11 Å². The summed E-state index contributed by atoms with van der Waals surface area (Å²) >= 11 is 0. The maximum atomic E-state index is 6.01. The van der Waals surface area contributed by atoms with Crippen LogP contribution in [0, 0.1) is 26.7 Å². The molecule has 4 aromatic rings. The van der Waals surface area contributed by atoms with Gasteiger partial charge >= 0.3 is 0 Å². The summed E-state index contributed by atoms with van der Waals surface area (Å²) in [4.78, 5) is 0. The average Bonchev–Trinajstić information content (AvgIpc) is 2.96. The summed E-state index contributed by atoms with van der Waals surface area (Å²) < 4.78 is 6.01. The fourth-order valence-electron chi connectivity index (χ4n) is 6.10. The highest BCUT2D eigenvalue weighted by molar-refractivity contribution is 7.00. The number of methoxy groups -OCH3 is 1. The SMILES string of the molecule is COc1ccccc1/C(=C(\B(c1ccc(C)cc1)c1ccc(C)cc1)c1ccc(C)cc1)C1CCCCC1. The Labute approximate surface area is 229 Å². The molecule has 0 aliphatic heterocycles. The largest absolute Gasteiger partial charge is 0.496 e. The zero-order valence-corrected chi connectivity index (χ0v) is 23.3. The molecule has 1 aliphatic rings. The maximum absolute atomic E-state index is 6.01. The third-order valence-corrected chi connectivity index (χ3v) is 8.17. The average molecular weight is 499 g/mol. The molecule has 0 amide bonds. The molecule has 5 rings (SSSR count). The first-order chi connectivity index (χ1) is 18.5. The third kappa shape index (κ3) is 5.65. The molecule has 0 atom stereocenters. The first kappa shape index (κ1) is 26.1. The molecule has 1 nitrogen and oxygen atoms in total. The molecule has 1 aliphatic carbocycles. The fraction of sp³-hybridized carbons (Fsp3) is 0.278. The summed E-state index contributed by atoms with van der Waals surface area (Å²) in [6, 6.07) is 36.2. The number of allylic oxidation sites excluding steroid dienone is 1. The number of rotatable bonds is 7. The normalized spacial score (nSPS) is 14.6. The van der Waals surface area contributed by atoms with Gasteiger partial charge in [-0.2, -0.15) is 0 Å². The number of ether oxygens (including phenoxy) is 1. The van der Waals surface area contributed by atoms with E-state index in [4.69, 9.17) is 4.74 Å². The molecule has 1 saturated carbocycles. The molecule has 0 N–H and O–H groups in total. The Bertz CT molecular complexity index is 1330. The van der Waals surface area contributed by atoms with E-state index in [0.29, 0.717) is 5.92 Å². The lowest BCUT2D eigenvalue weighted by Crippen LogP contribution is -2.44. The van der Waals surface area contributed by atoms with Gasteiger partial charge in [-0.15, -0.1) is 0 Å². The summed E-state index contributed by atoms with van der Waals surface area (Å²) in [5.74, 6) is 1.46. The van der Waals surface area contributed by atoms with Crippen LogP contribution in [-0.4, -0.2) is 13.8 Å². The first-order valence-electron chi connectivity index (χ1n) is 14.1. The second-order valence-electron chi connectivity index (χ2n) is 11.0. The van der Waals surface area contributed by atoms with E-state index in [1.165, 1.54) is 81.9 Å². The zero-order valence-electron chi connectivity index (χ0n) is 23.3. The summed E-state index contributed by atoms with van der Waals surface area (Å²) in [7, 11) is 1.81. The van der Waals surface area contributed by atoms with Crippen LogP contribution in [0.2, 0.25) is 0 Å². The van der Waals surface area contributed by atoms with Crippen LogP contribution in [0.4, 0.5) is 0 Å². The van der Waals surface area contributed by atoms with Gasteiger partial charge in [0.25, 0.3) is 0 Å². The molecule has 0 aromatic heterocycles. The summed E-state index contributed by atoms with van der Waals surface area (Å²) in [5.41, 5.74) is 11.9. The van der Waals surface area contributed by atoms with Gasteiger partial charge in [-0.3, -0.25) is 0 Å². The smallest absolute Gasteiger partial charge is 0.242 e. The van der Waals surface area contributed by atoms with E-state index in [9.17, 15) is 0 Å². The molecular formula is C36H39BO. The van der Waals surface area contributed by atoms with Crippen LogP contribution in [0.1, 0.15) is 59.9 Å². The number of hydrogen-bond acceptors (Lipinski definition) is 1. The van der Waals surface area contributed by atoms with E-state index < -0.39 is 0 Å². The van der Waals surface area contributed by atoms with Crippen molar-refractivity contribution in [1.82, 2.24) is 0 Å². The van der Waals surface area contributed by atoms with E-state index in [0.717, 1.165) is 5.75 Å². The van der Waals surface area contributed by atoms with Gasteiger partial charge in [0.1, 0.15) is 5.75 Å². The highest BCUT2D eigenvalue weighted by Crippen LogP contribution is 2.44. The van der Waals surface area contributed by atoms with Crippen molar-refractivity contribution in [2.24, 2.45) is 5.92 Å². The molecule has 2 heteroatoms. The molecule has 1 fully saturated rings. The van der Waals surface area contributed by atoms with Gasteiger partial charge in [0.15, 0.2) is 0 Å². The number of benzene rings is 4. The van der Waals surface area contributed by atoms with Gasteiger partial charge < -0.3 is 4.74 Å². The van der Waals surface area contributed by atoms with Gasteiger partial charge in [-0.05, 0) is 56.7 Å². The monoisotopic (exact) mass is 498 g/mol. The van der Waals surface area contributed by atoms with Crippen molar-refractivity contribution in [3.8, 4) is 5.75 Å². The molecule has 4 aromatic carbocycles. The minimum absolute atomic E-state index is 0.112. The molecule has 192 valence electrons. The molecule has 38 heavy (non-hydrogen) atoms. The third-order valence-electron chi connectivity index (χ3n) is 8.17. The Hall–Kier alpha value is -3.52. The van der Waals surface area contributed by atoms with E-state index in [1.54, 1.807) is 7.11 Å². The fourth-order valence-corrected chi connectivity index (χ4v) is 6.10. The predicted octanol–water partition coefficient (Wildman–Crippen LogP) is 7.96. The Balaban J connectivity index is 1.88. The molecule has 0 radical (unpaired) electrons. The Morgan fingerprint density at radius 2 is 1.13 bits per heavy atom. The van der Waals surface area contributed by atoms with Gasteiger partial charge in [0.05, 0.1) is 7.11 Å². The summed E-state index contributed by atoms with van der Waals surface area (Å²) in [5, 5.41) is 0. The van der Waals surface area contributed by atoms with Crippen molar-refractivity contribution in [3.05, 3.63) is 125 Å². The maximum Gasteiger partial charge on any atom is 0.242 e. The lowest BCUT2D eigenvalue weighted by Gasteiger charge is -2.32. The summed E-state index contributed by atoms with van der Waals surface area (Å²) in [6.07, 6.45) is 6.33. The van der Waals surface area contributed by atoms with Crippen LogP contribution in [0.25, 0.3) is 11.0 Å². The highest BCUT2D eigenvalue weighted by atomic mass is 16.5. The number of hydrogen-bond donors (Lipinski definition) is 0.